The average molecular weight is 402 g/mol. The van der Waals surface area contributed by atoms with E-state index in [0.29, 0.717) is 0 Å². The van der Waals surface area contributed by atoms with Gasteiger partial charge in [-0.1, -0.05) is 54.6 Å². The van der Waals surface area contributed by atoms with E-state index >= 15 is 0 Å². The summed E-state index contributed by atoms with van der Waals surface area (Å²) in [4.78, 5) is 28.4. The topological polar surface area (TPSA) is 97.1 Å². The van der Waals surface area contributed by atoms with Crippen LogP contribution in [0.1, 0.15) is 11.6 Å². The Bertz CT molecular complexity index is 1140. The summed E-state index contributed by atoms with van der Waals surface area (Å²) in [6.45, 7) is 0. The molecule has 29 heavy (non-hydrogen) atoms. The third-order valence-electron chi connectivity index (χ3n) is 4.36. The molecule has 4 aromatic rings. The van der Waals surface area contributed by atoms with Gasteiger partial charge in [-0.05, 0) is 29.8 Å². The molecule has 0 saturated carbocycles. The van der Waals surface area contributed by atoms with Crippen LogP contribution in [0.15, 0.2) is 78.9 Å². The van der Waals surface area contributed by atoms with Gasteiger partial charge in [-0.3, -0.25) is 10.1 Å². The molecular formula is C22H18N4O2S. The number of benzene rings is 3. The van der Waals surface area contributed by atoms with Crippen molar-refractivity contribution in [2.45, 2.75) is 6.04 Å². The standard InChI is InChI=1S/C22H18N4O2S/c23-22(28)26-20(27)19(14-7-2-1-3-8-14)24-16-10-6-9-15(13-16)21-25-17-11-4-5-12-18(17)29-21/h1-13,19,24H,(H3,23,26,27,28)/t19-/m1/s1. The highest BCUT2D eigenvalue weighted by atomic mass is 32.1. The summed E-state index contributed by atoms with van der Waals surface area (Å²) in [5.41, 5.74) is 8.48. The highest BCUT2D eigenvalue weighted by molar-refractivity contribution is 7.21. The lowest BCUT2D eigenvalue weighted by Crippen LogP contribution is -2.40. The Morgan fingerprint density at radius 1 is 0.931 bits per heavy atom. The van der Waals surface area contributed by atoms with E-state index < -0.39 is 18.0 Å². The largest absolute Gasteiger partial charge is 0.370 e. The van der Waals surface area contributed by atoms with Gasteiger partial charge in [0.05, 0.1) is 10.2 Å². The molecule has 0 aliphatic rings. The zero-order chi connectivity index (χ0) is 20.2. The molecule has 144 valence electrons. The molecular weight excluding hydrogens is 384 g/mol. The summed E-state index contributed by atoms with van der Waals surface area (Å²) in [7, 11) is 0. The average Bonchev–Trinajstić information content (AvgIpc) is 3.17. The van der Waals surface area contributed by atoms with Crippen molar-refractivity contribution in [3.05, 3.63) is 84.4 Å². The summed E-state index contributed by atoms with van der Waals surface area (Å²) in [6, 6.07) is 23.2. The maximum absolute atomic E-state index is 12.5. The van der Waals surface area contributed by atoms with E-state index in [1.54, 1.807) is 11.3 Å². The maximum Gasteiger partial charge on any atom is 0.318 e. The second-order valence-electron chi connectivity index (χ2n) is 6.41. The lowest BCUT2D eigenvalue weighted by molar-refractivity contribution is -0.120. The van der Waals surface area contributed by atoms with Gasteiger partial charge < -0.3 is 11.1 Å². The van der Waals surface area contributed by atoms with E-state index in [9.17, 15) is 9.59 Å². The number of thiazole rings is 1. The summed E-state index contributed by atoms with van der Waals surface area (Å²) in [5, 5.41) is 6.25. The van der Waals surface area contributed by atoms with E-state index in [-0.39, 0.29) is 0 Å². The van der Waals surface area contributed by atoms with Gasteiger partial charge in [-0.2, -0.15) is 0 Å². The van der Waals surface area contributed by atoms with E-state index in [4.69, 9.17) is 5.73 Å². The number of imide groups is 1. The van der Waals surface area contributed by atoms with Crippen LogP contribution in [0, 0.1) is 0 Å². The number of hydrogen-bond acceptors (Lipinski definition) is 5. The lowest BCUT2D eigenvalue weighted by Gasteiger charge is -2.19. The number of urea groups is 1. The van der Waals surface area contributed by atoms with Gasteiger partial charge >= 0.3 is 6.03 Å². The number of carbonyl (C=O) groups is 2. The van der Waals surface area contributed by atoms with E-state index in [1.807, 2.05) is 78.9 Å². The molecule has 3 aromatic carbocycles. The normalized spacial score (nSPS) is 11.7. The molecule has 7 heteroatoms. The predicted octanol–water partition coefficient (Wildman–Crippen LogP) is 4.31. The van der Waals surface area contributed by atoms with Crippen molar-refractivity contribution in [3.63, 3.8) is 0 Å². The maximum atomic E-state index is 12.5. The van der Waals surface area contributed by atoms with Crippen molar-refractivity contribution in [1.29, 1.82) is 0 Å². The highest BCUT2D eigenvalue weighted by Crippen LogP contribution is 2.32. The monoisotopic (exact) mass is 402 g/mol. The molecule has 6 nitrogen and oxygen atoms in total. The van der Waals surface area contributed by atoms with Crippen molar-refractivity contribution < 1.29 is 9.59 Å². The Kier molecular flexibility index (Phi) is 5.22. The number of fused-ring (bicyclic) bond motifs is 1. The van der Waals surface area contributed by atoms with Gasteiger partial charge in [0.15, 0.2) is 0 Å². The van der Waals surface area contributed by atoms with Crippen molar-refractivity contribution in [3.8, 4) is 10.6 Å². The van der Waals surface area contributed by atoms with E-state index in [2.05, 4.69) is 15.6 Å². The molecule has 0 bridgehead atoms. The number of anilines is 1. The SMILES string of the molecule is NC(=O)NC(=O)[C@H](Nc1cccc(-c2nc3ccccc3s2)c1)c1ccccc1. The van der Waals surface area contributed by atoms with Crippen LogP contribution in [0.3, 0.4) is 0 Å². The van der Waals surface area contributed by atoms with Crippen LogP contribution < -0.4 is 16.4 Å². The fraction of sp³-hybridized carbons (Fsp3) is 0.0455. The Hall–Kier alpha value is -3.71. The number of carbonyl (C=O) groups excluding carboxylic acids is 2. The molecule has 0 unspecified atom stereocenters. The van der Waals surface area contributed by atoms with Crippen molar-refractivity contribution in [1.82, 2.24) is 10.3 Å². The molecule has 4 N–H and O–H groups in total. The molecule has 0 radical (unpaired) electrons. The Morgan fingerprint density at radius 2 is 1.69 bits per heavy atom. The van der Waals surface area contributed by atoms with Crippen molar-refractivity contribution >= 4 is 39.2 Å². The van der Waals surface area contributed by atoms with Crippen LogP contribution in [0.25, 0.3) is 20.8 Å². The van der Waals surface area contributed by atoms with Crippen molar-refractivity contribution in [2.75, 3.05) is 5.32 Å². The molecule has 3 amide bonds. The summed E-state index contributed by atoms with van der Waals surface area (Å²) >= 11 is 1.61. The zero-order valence-electron chi connectivity index (χ0n) is 15.3. The molecule has 1 aromatic heterocycles. The highest BCUT2D eigenvalue weighted by Gasteiger charge is 2.22. The quantitative estimate of drug-likeness (QED) is 0.463. The molecule has 0 saturated heterocycles. The third kappa shape index (κ3) is 4.25. The number of nitrogens with zero attached hydrogens (tertiary/aromatic N) is 1. The first-order valence-electron chi connectivity index (χ1n) is 8.98. The molecule has 0 aliphatic carbocycles. The van der Waals surface area contributed by atoms with E-state index in [0.717, 1.165) is 32.0 Å². The number of amides is 3. The smallest absolute Gasteiger partial charge is 0.318 e. The van der Waals surface area contributed by atoms with Gasteiger partial charge in [-0.25, -0.2) is 9.78 Å². The van der Waals surface area contributed by atoms with Crippen LogP contribution >= 0.6 is 11.3 Å². The second-order valence-corrected chi connectivity index (χ2v) is 7.44. The third-order valence-corrected chi connectivity index (χ3v) is 5.44. The van der Waals surface area contributed by atoms with Crippen LogP contribution in [-0.2, 0) is 4.79 Å². The second kappa shape index (κ2) is 8.12. The number of para-hydroxylation sites is 1. The molecule has 4 rings (SSSR count). The molecule has 0 aliphatic heterocycles. The van der Waals surface area contributed by atoms with Crippen LogP contribution in [0.2, 0.25) is 0 Å². The number of rotatable bonds is 5. The molecule has 0 spiro atoms. The Morgan fingerprint density at radius 3 is 2.45 bits per heavy atom. The van der Waals surface area contributed by atoms with Gasteiger partial charge in [0.25, 0.3) is 5.91 Å². The molecule has 0 fully saturated rings. The Labute approximate surface area is 171 Å². The molecule has 1 heterocycles. The number of nitrogens with one attached hydrogen (secondary N) is 2. The summed E-state index contributed by atoms with van der Waals surface area (Å²) in [6.07, 6.45) is 0. The number of aromatic nitrogens is 1. The fourth-order valence-corrected chi connectivity index (χ4v) is 4.01. The van der Waals surface area contributed by atoms with E-state index in [1.165, 1.54) is 0 Å². The van der Waals surface area contributed by atoms with Crippen molar-refractivity contribution in [2.24, 2.45) is 5.73 Å². The fourth-order valence-electron chi connectivity index (χ4n) is 3.04. The Balaban J connectivity index is 1.65. The zero-order valence-corrected chi connectivity index (χ0v) is 16.1. The first-order valence-corrected chi connectivity index (χ1v) is 9.79. The van der Waals surface area contributed by atoms with Gasteiger partial charge in [0.2, 0.25) is 0 Å². The minimum Gasteiger partial charge on any atom is -0.370 e. The summed E-state index contributed by atoms with van der Waals surface area (Å²) in [5.74, 6) is -0.519. The van der Waals surface area contributed by atoms with Crippen LogP contribution in [0.5, 0.6) is 0 Å². The minimum absolute atomic E-state index is 0.519. The van der Waals surface area contributed by atoms with Gasteiger partial charge in [0, 0.05) is 11.3 Å². The lowest BCUT2D eigenvalue weighted by atomic mass is 10.1. The number of primary amides is 1. The van der Waals surface area contributed by atoms with Crippen LogP contribution in [-0.4, -0.2) is 16.9 Å². The number of hydrogen-bond donors (Lipinski definition) is 3. The number of nitrogens with two attached hydrogens (primary N) is 1. The first kappa shape index (κ1) is 18.6. The van der Waals surface area contributed by atoms with Gasteiger partial charge in [-0.15, -0.1) is 11.3 Å². The summed E-state index contributed by atoms with van der Waals surface area (Å²) < 4.78 is 1.11. The van der Waals surface area contributed by atoms with Gasteiger partial charge in [0.1, 0.15) is 11.0 Å². The minimum atomic E-state index is -0.888. The van der Waals surface area contributed by atoms with Crippen LogP contribution in [0.4, 0.5) is 10.5 Å². The first-order chi connectivity index (χ1) is 14.1. The molecule has 1 atom stereocenters. The predicted molar refractivity (Wildman–Crippen MR) is 116 cm³/mol.